The fraction of sp³-hybridized carbons (Fsp3) is 0.217. The summed E-state index contributed by atoms with van der Waals surface area (Å²) in [5.41, 5.74) is 2.83. The highest BCUT2D eigenvalue weighted by Gasteiger charge is 2.29. The van der Waals surface area contributed by atoms with E-state index in [1.807, 2.05) is 25.1 Å². The number of ketones is 1. The molecule has 3 aromatic rings. The molecule has 2 heterocycles. The van der Waals surface area contributed by atoms with Crippen LogP contribution < -0.4 is 0 Å². The quantitative estimate of drug-likeness (QED) is 0.545. The summed E-state index contributed by atoms with van der Waals surface area (Å²) in [6.07, 6.45) is 3.48. The van der Waals surface area contributed by atoms with Crippen molar-refractivity contribution in [1.29, 1.82) is 0 Å². The van der Waals surface area contributed by atoms with Gasteiger partial charge in [-0.2, -0.15) is 0 Å². The molecule has 4 rings (SSSR count). The average molecular weight is 391 g/mol. The van der Waals surface area contributed by atoms with E-state index < -0.39 is 17.5 Å². The van der Waals surface area contributed by atoms with E-state index in [1.54, 1.807) is 17.0 Å². The minimum Gasteiger partial charge on any atom is -0.368 e. The smallest absolute Gasteiger partial charge is 0.295 e. The van der Waals surface area contributed by atoms with E-state index in [4.69, 9.17) is 0 Å². The largest absolute Gasteiger partial charge is 0.368 e. The number of Topliss-reactive ketones (excluding diaryl/α,β-unsaturated/α-hetero) is 1. The van der Waals surface area contributed by atoms with Crippen LogP contribution in [0.2, 0.25) is 0 Å². The first-order valence-corrected chi connectivity index (χ1v) is 9.66. The molecule has 1 saturated heterocycles. The number of benzene rings is 2. The molecule has 1 fully saturated rings. The standard InChI is InChI=1S/C23H22FN3O2/c1-2-20(16-7-4-3-5-8-16)26-11-13-27(14-12-26)23(29)22(28)17-15-25-19-10-6-9-18(24)21(17)19/h2-10,15,25H,11-14H2,1H3. The fourth-order valence-corrected chi connectivity index (χ4v) is 3.87. The summed E-state index contributed by atoms with van der Waals surface area (Å²) in [5, 5.41) is 0.171. The molecule has 0 atom stereocenters. The summed E-state index contributed by atoms with van der Waals surface area (Å²) in [7, 11) is 0. The van der Waals surface area contributed by atoms with Crippen molar-refractivity contribution in [1.82, 2.24) is 14.8 Å². The topological polar surface area (TPSA) is 56.4 Å². The van der Waals surface area contributed by atoms with Gasteiger partial charge in [0, 0.05) is 49.0 Å². The first kappa shape index (κ1) is 18.9. The van der Waals surface area contributed by atoms with Gasteiger partial charge < -0.3 is 14.8 Å². The zero-order valence-corrected chi connectivity index (χ0v) is 16.2. The number of nitrogens with one attached hydrogen (secondary N) is 1. The number of H-pyrrole nitrogens is 1. The number of allylic oxidation sites excluding steroid dienone is 1. The number of hydrogen-bond acceptors (Lipinski definition) is 3. The average Bonchev–Trinajstić information content (AvgIpc) is 3.20. The number of amides is 1. The van der Waals surface area contributed by atoms with E-state index in [9.17, 15) is 14.0 Å². The maximum Gasteiger partial charge on any atom is 0.295 e. The second-order valence-electron chi connectivity index (χ2n) is 7.01. The number of carbonyl (C=O) groups excluding carboxylic acids is 2. The molecule has 148 valence electrons. The third-order valence-corrected chi connectivity index (χ3v) is 5.34. The van der Waals surface area contributed by atoms with Crippen LogP contribution in [0.3, 0.4) is 0 Å². The Balaban J connectivity index is 1.47. The fourth-order valence-electron chi connectivity index (χ4n) is 3.87. The summed E-state index contributed by atoms with van der Waals surface area (Å²) in [5.74, 6) is -1.77. The highest BCUT2D eigenvalue weighted by molar-refractivity contribution is 6.44. The minimum atomic E-state index is -0.677. The van der Waals surface area contributed by atoms with Crippen LogP contribution in [0.4, 0.5) is 4.39 Å². The molecule has 0 saturated carbocycles. The number of hydrogen-bond donors (Lipinski definition) is 1. The molecule has 29 heavy (non-hydrogen) atoms. The Morgan fingerprint density at radius 1 is 0.966 bits per heavy atom. The monoisotopic (exact) mass is 391 g/mol. The summed E-state index contributed by atoms with van der Waals surface area (Å²) in [6.45, 7) is 4.15. The molecule has 0 radical (unpaired) electrons. The Morgan fingerprint density at radius 3 is 2.34 bits per heavy atom. The molecular formula is C23H22FN3O2. The molecule has 2 aromatic carbocycles. The number of fused-ring (bicyclic) bond motifs is 1. The lowest BCUT2D eigenvalue weighted by Crippen LogP contribution is -2.49. The summed E-state index contributed by atoms with van der Waals surface area (Å²) in [6, 6.07) is 14.6. The number of piperazine rings is 1. The van der Waals surface area contributed by atoms with Crippen LogP contribution >= 0.6 is 0 Å². The molecular weight excluding hydrogens is 369 g/mol. The molecule has 1 aliphatic rings. The Bertz CT molecular complexity index is 1080. The third-order valence-electron chi connectivity index (χ3n) is 5.34. The molecule has 1 aromatic heterocycles. The van der Waals surface area contributed by atoms with Gasteiger partial charge in [-0.05, 0) is 24.6 Å². The van der Waals surface area contributed by atoms with Gasteiger partial charge in [-0.3, -0.25) is 9.59 Å². The van der Waals surface area contributed by atoms with Crippen LogP contribution in [0.1, 0.15) is 22.8 Å². The van der Waals surface area contributed by atoms with E-state index >= 15 is 0 Å². The first-order valence-electron chi connectivity index (χ1n) is 9.66. The van der Waals surface area contributed by atoms with Crippen LogP contribution in [0.25, 0.3) is 16.6 Å². The van der Waals surface area contributed by atoms with Gasteiger partial charge in [-0.15, -0.1) is 0 Å². The van der Waals surface area contributed by atoms with E-state index in [-0.39, 0.29) is 10.9 Å². The van der Waals surface area contributed by atoms with Crippen molar-refractivity contribution in [3.8, 4) is 0 Å². The predicted molar refractivity (Wildman–Crippen MR) is 111 cm³/mol. The number of halogens is 1. The predicted octanol–water partition coefficient (Wildman–Crippen LogP) is 3.69. The highest BCUT2D eigenvalue weighted by Crippen LogP contribution is 2.24. The maximum absolute atomic E-state index is 14.2. The Kier molecular flexibility index (Phi) is 5.16. The van der Waals surface area contributed by atoms with E-state index in [2.05, 4.69) is 28.1 Å². The number of aromatic nitrogens is 1. The van der Waals surface area contributed by atoms with Gasteiger partial charge in [0.05, 0.1) is 5.56 Å². The van der Waals surface area contributed by atoms with Gasteiger partial charge in [0.15, 0.2) is 0 Å². The number of aromatic amines is 1. The molecule has 5 nitrogen and oxygen atoms in total. The van der Waals surface area contributed by atoms with Crippen molar-refractivity contribution in [2.24, 2.45) is 0 Å². The van der Waals surface area contributed by atoms with Gasteiger partial charge in [0.2, 0.25) is 0 Å². The summed E-state index contributed by atoms with van der Waals surface area (Å²) >= 11 is 0. The van der Waals surface area contributed by atoms with Crippen molar-refractivity contribution < 1.29 is 14.0 Å². The van der Waals surface area contributed by atoms with Gasteiger partial charge in [0.25, 0.3) is 11.7 Å². The van der Waals surface area contributed by atoms with Gasteiger partial charge >= 0.3 is 0 Å². The van der Waals surface area contributed by atoms with Crippen LogP contribution in [0, 0.1) is 5.82 Å². The van der Waals surface area contributed by atoms with Crippen molar-refractivity contribution in [2.75, 3.05) is 26.2 Å². The lowest BCUT2D eigenvalue weighted by atomic mass is 10.1. The van der Waals surface area contributed by atoms with Crippen LogP contribution in [-0.4, -0.2) is 52.7 Å². The molecule has 0 unspecified atom stereocenters. The van der Waals surface area contributed by atoms with Gasteiger partial charge in [-0.1, -0.05) is 42.5 Å². The van der Waals surface area contributed by atoms with Crippen molar-refractivity contribution >= 4 is 28.3 Å². The molecule has 0 spiro atoms. The molecule has 1 amide bonds. The van der Waals surface area contributed by atoms with Crippen molar-refractivity contribution in [3.63, 3.8) is 0 Å². The zero-order chi connectivity index (χ0) is 20.4. The Hall–Kier alpha value is -3.41. The highest BCUT2D eigenvalue weighted by atomic mass is 19.1. The number of rotatable bonds is 4. The van der Waals surface area contributed by atoms with Crippen LogP contribution in [0.15, 0.2) is 60.8 Å². The van der Waals surface area contributed by atoms with E-state index in [0.29, 0.717) is 31.7 Å². The minimum absolute atomic E-state index is 0.0870. The van der Waals surface area contributed by atoms with Gasteiger partial charge in [0.1, 0.15) is 5.82 Å². The summed E-state index contributed by atoms with van der Waals surface area (Å²) in [4.78, 5) is 32.2. The molecule has 0 aliphatic carbocycles. The molecule has 6 heteroatoms. The molecule has 1 N–H and O–H groups in total. The van der Waals surface area contributed by atoms with Crippen molar-refractivity contribution in [2.45, 2.75) is 6.92 Å². The van der Waals surface area contributed by atoms with Crippen LogP contribution in [0.5, 0.6) is 0 Å². The molecule has 0 bridgehead atoms. The Morgan fingerprint density at radius 2 is 1.66 bits per heavy atom. The van der Waals surface area contributed by atoms with Gasteiger partial charge in [-0.25, -0.2) is 4.39 Å². The van der Waals surface area contributed by atoms with E-state index in [1.165, 1.54) is 12.3 Å². The zero-order valence-electron chi connectivity index (χ0n) is 16.2. The lowest BCUT2D eigenvalue weighted by Gasteiger charge is -2.37. The Labute approximate surface area is 168 Å². The normalized spacial score (nSPS) is 15.0. The van der Waals surface area contributed by atoms with E-state index in [0.717, 1.165) is 11.3 Å². The van der Waals surface area contributed by atoms with Crippen LogP contribution in [-0.2, 0) is 4.79 Å². The number of nitrogens with zero attached hydrogens (tertiary/aromatic N) is 2. The lowest BCUT2D eigenvalue weighted by molar-refractivity contribution is -0.127. The second kappa shape index (κ2) is 7.91. The maximum atomic E-state index is 14.2. The summed E-state index contributed by atoms with van der Waals surface area (Å²) < 4.78 is 14.2. The molecule has 1 aliphatic heterocycles. The SMILES string of the molecule is CC=C(c1ccccc1)N1CCN(C(=O)C(=O)c2c[nH]c3cccc(F)c23)CC1. The van der Waals surface area contributed by atoms with Crippen molar-refractivity contribution in [3.05, 3.63) is 77.7 Å². The third kappa shape index (κ3) is 3.53. The second-order valence-corrected chi connectivity index (χ2v) is 7.01. The number of carbonyl (C=O) groups is 2. The first-order chi connectivity index (χ1) is 14.1.